The fraction of sp³-hybridized carbons (Fsp3) is 0.269. The Balaban J connectivity index is 0.000000188. The second-order valence-electron chi connectivity index (χ2n) is 17.4. The van der Waals surface area contributed by atoms with Crippen LogP contribution in [-0.2, 0) is 29.7 Å². The molecular formula is C52H44BBrF10N2O4Pd. The van der Waals surface area contributed by atoms with E-state index in [9.17, 15) is 43.9 Å². The largest absolute Gasteiger partial charge is 0.573 e. The van der Waals surface area contributed by atoms with Gasteiger partial charge in [0.1, 0.15) is 34.8 Å². The molecule has 0 N–H and O–H groups in total. The maximum Gasteiger partial charge on any atom is 0.573 e. The fourth-order valence-electron chi connectivity index (χ4n) is 7.83. The number of hydrogen-bond donors (Lipinski definition) is 0. The van der Waals surface area contributed by atoms with Gasteiger partial charge in [0.15, 0.2) is 0 Å². The van der Waals surface area contributed by atoms with Gasteiger partial charge in [0.25, 0.3) is 0 Å². The van der Waals surface area contributed by atoms with Gasteiger partial charge in [0.05, 0.1) is 34.4 Å². The molecule has 3 aliphatic rings. The van der Waals surface area contributed by atoms with Gasteiger partial charge in [-0.1, -0.05) is 88.7 Å². The Hall–Kier alpha value is -5.31. The van der Waals surface area contributed by atoms with Crippen LogP contribution in [0.5, 0.6) is 11.5 Å². The number of benzene rings is 6. The molecule has 0 radical (unpaired) electrons. The number of halogens is 11. The van der Waals surface area contributed by atoms with Crippen molar-refractivity contribution in [1.29, 1.82) is 0 Å². The van der Waals surface area contributed by atoms with Gasteiger partial charge in [-0.25, -0.2) is 17.6 Å². The fourth-order valence-corrected chi connectivity index (χ4v) is 8.09. The van der Waals surface area contributed by atoms with Crippen molar-refractivity contribution in [2.75, 3.05) is 0 Å². The summed E-state index contributed by atoms with van der Waals surface area (Å²) in [6, 6.07) is 33.8. The van der Waals surface area contributed by atoms with Crippen LogP contribution >= 0.6 is 15.9 Å². The van der Waals surface area contributed by atoms with Crippen molar-refractivity contribution in [3.8, 4) is 22.6 Å². The zero-order valence-electron chi connectivity index (χ0n) is 38.3. The third-order valence-corrected chi connectivity index (χ3v) is 12.6. The molecule has 3 heterocycles. The normalized spacial score (nSPS) is 18.0. The Morgan fingerprint density at radius 1 is 0.521 bits per heavy atom. The molecule has 1 saturated heterocycles. The summed E-state index contributed by atoms with van der Waals surface area (Å²) in [6.07, 6.45) is -6.93. The molecule has 6 aromatic rings. The average Bonchev–Trinajstić information content (AvgIpc) is 4.03. The molecule has 1 fully saturated rings. The monoisotopic (exact) mass is 1150 g/mol. The molecule has 0 amide bonds. The third-order valence-electron chi connectivity index (χ3n) is 12.0. The van der Waals surface area contributed by atoms with E-state index in [1.807, 2.05) is 76.2 Å². The summed E-state index contributed by atoms with van der Waals surface area (Å²) < 4.78 is 148. The first kappa shape index (κ1) is 55.0. The molecule has 2 atom stereocenters. The van der Waals surface area contributed by atoms with E-state index in [1.165, 1.54) is 72.8 Å². The molecule has 0 aromatic heterocycles. The SMILES string of the molecule is CC1(C)OB(c2ccc([C@H]3CCC(c4c(F)cccc4F)=N3)cc2)OC1(C)C.FC(F)(F)Oc1ccc(Br)cc1.Fc1cccc(F)c1C1=N[C@@H](c2ccc(-c3ccc(OC(F)(F)F)cc3)cc2)CC1.[Pd]. The van der Waals surface area contributed by atoms with Crippen molar-refractivity contribution < 1.29 is 83.1 Å². The smallest absolute Gasteiger partial charge is 0.406 e. The Morgan fingerprint density at radius 2 is 0.859 bits per heavy atom. The van der Waals surface area contributed by atoms with Crippen molar-refractivity contribution in [3.05, 3.63) is 183 Å². The van der Waals surface area contributed by atoms with Crippen LogP contribution in [0.4, 0.5) is 43.9 Å². The van der Waals surface area contributed by atoms with Crippen LogP contribution in [0.3, 0.4) is 0 Å². The Labute approximate surface area is 426 Å². The van der Waals surface area contributed by atoms with E-state index >= 15 is 0 Å². The number of hydrogen-bond acceptors (Lipinski definition) is 6. The molecule has 3 aliphatic heterocycles. The summed E-state index contributed by atoms with van der Waals surface area (Å²) in [7, 11) is -0.408. The maximum atomic E-state index is 14.0. The van der Waals surface area contributed by atoms with E-state index in [0.717, 1.165) is 34.1 Å². The molecule has 6 nitrogen and oxygen atoms in total. The van der Waals surface area contributed by atoms with E-state index in [2.05, 4.69) is 35.4 Å². The molecule has 9 rings (SSSR count). The molecule has 0 unspecified atom stereocenters. The molecular weight excluding hydrogens is 1100 g/mol. The minimum atomic E-state index is -4.73. The number of ether oxygens (including phenoxy) is 2. The quantitative estimate of drug-likeness (QED) is 0.113. The summed E-state index contributed by atoms with van der Waals surface area (Å²) >= 11 is 3.09. The average molecular weight is 1150 g/mol. The molecule has 19 heteroatoms. The molecule has 71 heavy (non-hydrogen) atoms. The van der Waals surface area contributed by atoms with Crippen molar-refractivity contribution >= 4 is 39.9 Å². The van der Waals surface area contributed by atoms with E-state index < -0.39 is 43.1 Å². The predicted molar refractivity (Wildman–Crippen MR) is 251 cm³/mol. The summed E-state index contributed by atoms with van der Waals surface area (Å²) in [5, 5.41) is 0. The molecule has 0 spiro atoms. The van der Waals surface area contributed by atoms with Gasteiger partial charge >= 0.3 is 19.8 Å². The minimum absolute atomic E-state index is 0. The van der Waals surface area contributed by atoms with E-state index in [-0.39, 0.29) is 66.3 Å². The van der Waals surface area contributed by atoms with Gasteiger partial charge < -0.3 is 18.8 Å². The van der Waals surface area contributed by atoms with E-state index in [0.29, 0.717) is 35.2 Å². The first-order chi connectivity index (χ1) is 32.9. The van der Waals surface area contributed by atoms with Crippen molar-refractivity contribution in [2.45, 2.75) is 89.4 Å². The predicted octanol–water partition coefficient (Wildman–Crippen LogP) is 14.8. The maximum absolute atomic E-state index is 14.0. The van der Waals surface area contributed by atoms with Gasteiger partial charge in [-0.2, -0.15) is 0 Å². The van der Waals surface area contributed by atoms with Crippen molar-refractivity contribution in [2.24, 2.45) is 9.98 Å². The Kier molecular flexibility index (Phi) is 17.5. The minimum Gasteiger partial charge on any atom is -0.406 e. The van der Waals surface area contributed by atoms with E-state index in [1.54, 1.807) is 12.1 Å². The number of alkyl halides is 6. The van der Waals surface area contributed by atoms with Crippen LogP contribution in [0, 0.1) is 23.3 Å². The summed E-state index contributed by atoms with van der Waals surface area (Å²) in [6.45, 7) is 8.10. The molecule has 0 bridgehead atoms. The second kappa shape index (κ2) is 22.6. The number of nitrogens with zero attached hydrogens (tertiary/aromatic N) is 2. The van der Waals surface area contributed by atoms with Gasteiger partial charge in [-0.05, 0) is 142 Å². The summed E-state index contributed by atoms with van der Waals surface area (Å²) in [4.78, 5) is 9.11. The third kappa shape index (κ3) is 14.2. The first-order valence-corrected chi connectivity index (χ1v) is 22.7. The van der Waals surface area contributed by atoms with Gasteiger partial charge in [0, 0.05) is 36.3 Å². The molecule has 376 valence electrons. The van der Waals surface area contributed by atoms with Crippen LogP contribution in [0.25, 0.3) is 11.1 Å². The molecule has 6 aromatic carbocycles. The van der Waals surface area contributed by atoms with Crippen LogP contribution in [-0.4, -0.2) is 42.5 Å². The zero-order valence-corrected chi connectivity index (χ0v) is 41.4. The van der Waals surface area contributed by atoms with Crippen LogP contribution in [0.15, 0.2) is 148 Å². The molecule has 0 saturated carbocycles. The molecule has 0 aliphatic carbocycles. The number of aliphatic imine (C=N–C) groups is 2. The second-order valence-corrected chi connectivity index (χ2v) is 18.3. The van der Waals surface area contributed by atoms with Crippen LogP contribution in [0.2, 0.25) is 0 Å². The van der Waals surface area contributed by atoms with Crippen molar-refractivity contribution in [1.82, 2.24) is 0 Å². The van der Waals surface area contributed by atoms with Gasteiger partial charge in [-0.3, -0.25) is 9.98 Å². The van der Waals surface area contributed by atoms with Gasteiger partial charge in [-0.15, -0.1) is 26.3 Å². The summed E-state index contributed by atoms with van der Waals surface area (Å²) in [5.74, 6) is -2.86. The van der Waals surface area contributed by atoms with Crippen LogP contribution < -0.4 is 14.9 Å². The Morgan fingerprint density at radius 3 is 1.23 bits per heavy atom. The van der Waals surface area contributed by atoms with E-state index in [4.69, 9.17) is 9.31 Å². The Bertz CT molecular complexity index is 2770. The first-order valence-electron chi connectivity index (χ1n) is 21.9. The zero-order chi connectivity index (χ0) is 50.6. The van der Waals surface area contributed by atoms with Crippen molar-refractivity contribution in [3.63, 3.8) is 0 Å². The topological polar surface area (TPSA) is 61.6 Å². The van der Waals surface area contributed by atoms with Gasteiger partial charge in [0.2, 0.25) is 0 Å². The number of rotatable bonds is 8. The standard InChI is InChI=1S/C23H16F5NO.C22H24BF2NO2.C7H4BrF3O.Pd/c24-18-2-1-3-19(25)22(18)21-13-12-20(29-21)16-6-4-14(5-7-16)15-8-10-17(11-9-15)30-23(26,27)28;1-21(2)22(3,4)28-23(27-21)15-10-8-14(9-11-15)18-12-13-19(26-18)20-16(24)6-5-7-17(20)25;8-5-1-3-6(4-2-5)12-7(9,10)11;/h1-11,20H,12-13H2;5-11,18H,12-13H2,1-4H3;1-4H;/t20-;18-;;/m11../s1. The summed E-state index contributed by atoms with van der Waals surface area (Å²) in [5.41, 5.74) is 4.50. The van der Waals surface area contributed by atoms with Crippen LogP contribution in [0.1, 0.15) is 87.7 Å².